The zero-order valence-corrected chi connectivity index (χ0v) is 12.3. The molecule has 3 rings (SSSR count). The van der Waals surface area contributed by atoms with Gasteiger partial charge in [0.25, 0.3) is 0 Å². The molecule has 0 amide bonds. The molecule has 1 aliphatic heterocycles. The number of aliphatic imine (C=N–C) groups is 1. The second-order valence-corrected chi connectivity index (χ2v) is 5.95. The lowest BCUT2D eigenvalue weighted by molar-refractivity contribution is 0.643. The Morgan fingerprint density at radius 2 is 2.00 bits per heavy atom. The maximum Gasteiger partial charge on any atom is 0.191 e. The van der Waals surface area contributed by atoms with Crippen LogP contribution in [0, 0.1) is 5.92 Å². The highest BCUT2D eigenvalue weighted by Crippen LogP contribution is 2.28. The van der Waals surface area contributed by atoms with Crippen LogP contribution in [0.1, 0.15) is 19.8 Å². The SMILES string of the molecule is CN=C(NC1CCN(c2ccccc2)C1)NC1CC1C. The summed E-state index contributed by atoms with van der Waals surface area (Å²) in [6.45, 7) is 4.43. The largest absolute Gasteiger partial charge is 0.369 e. The monoisotopic (exact) mass is 272 g/mol. The smallest absolute Gasteiger partial charge is 0.191 e. The van der Waals surface area contributed by atoms with Crippen molar-refractivity contribution in [3.8, 4) is 0 Å². The van der Waals surface area contributed by atoms with Gasteiger partial charge in [0.2, 0.25) is 0 Å². The van der Waals surface area contributed by atoms with Crippen molar-refractivity contribution in [1.29, 1.82) is 0 Å². The summed E-state index contributed by atoms with van der Waals surface area (Å²) < 4.78 is 0. The summed E-state index contributed by atoms with van der Waals surface area (Å²) in [4.78, 5) is 6.78. The molecule has 20 heavy (non-hydrogen) atoms. The fourth-order valence-corrected chi connectivity index (χ4v) is 2.81. The topological polar surface area (TPSA) is 39.7 Å². The zero-order valence-electron chi connectivity index (χ0n) is 12.3. The van der Waals surface area contributed by atoms with Crippen molar-refractivity contribution < 1.29 is 0 Å². The maximum atomic E-state index is 4.34. The first-order chi connectivity index (χ1) is 9.76. The Labute approximate surface area is 121 Å². The Balaban J connectivity index is 1.52. The maximum absolute atomic E-state index is 4.34. The van der Waals surface area contributed by atoms with Crippen LogP contribution in [0.25, 0.3) is 0 Å². The average Bonchev–Trinajstić information content (AvgIpc) is 2.99. The van der Waals surface area contributed by atoms with Crippen LogP contribution in [0.3, 0.4) is 0 Å². The first-order valence-corrected chi connectivity index (χ1v) is 7.56. The number of hydrogen-bond acceptors (Lipinski definition) is 2. The lowest BCUT2D eigenvalue weighted by Gasteiger charge is -2.20. The van der Waals surface area contributed by atoms with E-state index in [2.05, 4.69) is 57.8 Å². The van der Waals surface area contributed by atoms with E-state index in [9.17, 15) is 0 Å². The minimum absolute atomic E-state index is 0.482. The third-order valence-electron chi connectivity index (χ3n) is 4.31. The van der Waals surface area contributed by atoms with Crippen molar-refractivity contribution in [1.82, 2.24) is 10.6 Å². The molecule has 4 nitrogen and oxygen atoms in total. The quantitative estimate of drug-likeness (QED) is 0.651. The molecular weight excluding hydrogens is 248 g/mol. The molecule has 1 saturated heterocycles. The standard InChI is InChI=1S/C16H24N4/c1-12-10-15(12)19-16(17-2)18-13-8-9-20(11-13)14-6-4-3-5-7-14/h3-7,12-13,15H,8-11H2,1-2H3,(H2,17,18,19). The minimum Gasteiger partial charge on any atom is -0.369 e. The fourth-order valence-electron chi connectivity index (χ4n) is 2.81. The van der Waals surface area contributed by atoms with Gasteiger partial charge in [0.1, 0.15) is 0 Å². The van der Waals surface area contributed by atoms with Crippen molar-refractivity contribution in [2.24, 2.45) is 10.9 Å². The van der Waals surface area contributed by atoms with Gasteiger partial charge in [-0.3, -0.25) is 4.99 Å². The van der Waals surface area contributed by atoms with Gasteiger partial charge in [-0.1, -0.05) is 25.1 Å². The van der Waals surface area contributed by atoms with Crippen LogP contribution in [-0.4, -0.2) is 38.2 Å². The summed E-state index contributed by atoms with van der Waals surface area (Å²) in [5.41, 5.74) is 1.32. The van der Waals surface area contributed by atoms with Crippen LogP contribution in [0.2, 0.25) is 0 Å². The molecule has 1 saturated carbocycles. The number of nitrogens with zero attached hydrogens (tertiary/aromatic N) is 2. The normalized spacial score (nSPS) is 29.4. The first kappa shape index (κ1) is 13.3. The summed E-state index contributed by atoms with van der Waals surface area (Å²) in [6.07, 6.45) is 2.43. The third kappa shape index (κ3) is 3.06. The van der Waals surface area contributed by atoms with Gasteiger partial charge in [0, 0.05) is 37.9 Å². The van der Waals surface area contributed by atoms with Gasteiger partial charge in [-0.05, 0) is 30.9 Å². The van der Waals surface area contributed by atoms with Crippen LogP contribution >= 0.6 is 0 Å². The number of benzene rings is 1. The number of anilines is 1. The van der Waals surface area contributed by atoms with Crippen molar-refractivity contribution in [3.05, 3.63) is 30.3 Å². The summed E-state index contributed by atoms with van der Waals surface area (Å²) in [7, 11) is 1.85. The summed E-state index contributed by atoms with van der Waals surface area (Å²) in [6, 6.07) is 11.7. The van der Waals surface area contributed by atoms with Gasteiger partial charge >= 0.3 is 0 Å². The van der Waals surface area contributed by atoms with Gasteiger partial charge < -0.3 is 15.5 Å². The van der Waals surface area contributed by atoms with E-state index in [0.29, 0.717) is 12.1 Å². The molecule has 0 radical (unpaired) electrons. The molecule has 2 fully saturated rings. The van der Waals surface area contributed by atoms with E-state index < -0.39 is 0 Å². The number of guanidine groups is 1. The lowest BCUT2D eigenvalue weighted by Crippen LogP contribution is -2.45. The van der Waals surface area contributed by atoms with Crippen molar-refractivity contribution in [3.63, 3.8) is 0 Å². The van der Waals surface area contributed by atoms with Crippen molar-refractivity contribution >= 4 is 11.6 Å². The number of nitrogens with one attached hydrogen (secondary N) is 2. The van der Waals surface area contributed by atoms with Crippen LogP contribution in [0.5, 0.6) is 0 Å². The molecule has 1 aromatic carbocycles. The van der Waals surface area contributed by atoms with E-state index in [4.69, 9.17) is 0 Å². The second-order valence-electron chi connectivity index (χ2n) is 5.95. The van der Waals surface area contributed by atoms with Gasteiger partial charge in [0.05, 0.1) is 0 Å². The molecule has 1 heterocycles. The fraction of sp³-hybridized carbons (Fsp3) is 0.562. The molecular formula is C16H24N4. The summed E-state index contributed by atoms with van der Waals surface area (Å²) in [5, 5.41) is 7.05. The number of rotatable bonds is 3. The predicted octanol–water partition coefficient (Wildman–Crippen LogP) is 1.84. The zero-order chi connectivity index (χ0) is 13.9. The highest BCUT2D eigenvalue weighted by atomic mass is 15.3. The summed E-state index contributed by atoms with van der Waals surface area (Å²) >= 11 is 0. The Morgan fingerprint density at radius 3 is 2.65 bits per heavy atom. The molecule has 1 aliphatic carbocycles. The van der Waals surface area contributed by atoms with E-state index in [-0.39, 0.29) is 0 Å². The van der Waals surface area contributed by atoms with Crippen LogP contribution in [-0.2, 0) is 0 Å². The van der Waals surface area contributed by atoms with E-state index >= 15 is 0 Å². The molecule has 2 aliphatic rings. The average molecular weight is 272 g/mol. The number of para-hydroxylation sites is 1. The van der Waals surface area contributed by atoms with Gasteiger partial charge in [-0.15, -0.1) is 0 Å². The highest BCUT2D eigenvalue weighted by molar-refractivity contribution is 5.80. The van der Waals surface area contributed by atoms with Crippen LogP contribution in [0.4, 0.5) is 5.69 Å². The Bertz CT molecular complexity index is 471. The molecule has 0 aromatic heterocycles. The molecule has 3 atom stereocenters. The summed E-state index contributed by atoms with van der Waals surface area (Å²) in [5.74, 6) is 1.75. The molecule has 3 unspecified atom stereocenters. The molecule has 4 heteroatoms. The highest BCUT2D eigenvalue weighted by Gasteiger charge is 2.34. The number of hydrogen-bond donors (Lipinski definition) is 2. The van der Waals surface area contributed by atoms with Crippen LogP contribution in [0.15, 0.2) is 35.3 Å². The van der Waals surface area contributed by atoms with E-state index in [0.717, 1.165) is 31.4 Å². The molecule has 2 N–H and O–H groups in total. The van der Waals surface area contributed by atoms with E-state index in [1.54, 1.807) is 0 Å². The predicted molar refractivity (Wildman–Crippen MR) is 84.3 cm³/mol. The van der Waals surface area contributed by atoms with Gasteiger partial charge in [-0.2, -0.15) is 0 Å². The van der Waals surface area contributed by atoms with Crippen molar-refractivity contribution in [2.75, 3.05) is 25.0 Å². The molecule has 1 aromatic rings. The second kappa shape index (κ2) is 5.73. The van der Waals surface area contributed by atoms with Crippen LogP contribution < -0.4 is 15.5 Å². The minimum atomic E-state index is 0.482. The van der Waals surface area contributed by atoms with Crippen molar-refractivity contribution in [2.45, 2.75) is 31.8 Å². The Kier molecular flexibility index (Phi) is 3.81. The third-order valence-corrected chi connectivity index (χ3v) is 4.31. The van der Waals surface area contributed by atoms with E-state index in [1.165, 1.54) is 12.1 Å². The molecule has 0 bridgehead atoms. The lowest BCUT2D eigenvalue weighted by atomic mass is 10.3. The van der Waals surface area contributed by atoms with Gasteiger partial charge in [-0.25, -0.2) is 0 Å². The van der Waals surface area contributed by atoms with E-state index in [1.807, 2.05) is 7.05 Å². The van der Waals surface area contributed by atoms with Gasteiger partial charge in [0.15, 0.2) is 5.96 Å². The molecule has 0 spiro atoms. The Morgan fingerprint density at radius 1 is 1.25 bits per heavy atom. The molecule has 108 valence electrons. The first-order valence-electron chi connectivity index (χ1n) is 7.56. The Hall–Kier alpha value is -1.71.